The number of ether oxygens (including phenoxy) is 1. The molecular weight excluding hydrogens is 370 g/mol. The lowest BCUT2D eigenvalue weighted by Crippen LogP contribution is -2.39. The van der Waals surface area contributed by atoms with Crippen molar-refractivity contribution in [2.45, 2.75) is 18.9 Å². The summed E-state index contributed by atoms with van der Waals surface area (Å²) in [5.74, 6) is 0.323. The van der Waals surface area contributed by atoms with Crippen molar-refractivity contribution >= 4 is 23.4 Å². The van der Waals surface area contributed by atoms with Crippen molar-refractivity contribution in [1.82, 2.24) is 19.8 Å². The first-order valence-electron chi connectivity index (χ1n) is 8.17. The molecule has 0 atom stereocenters. The van der Waals surface area contributed by atoms with E-state index in [2.05, 4.69) is 15.6 Å². The van der Waals surface area contributed by atoms with E-state index in [1.54, 1.807) is 6.92 Å². The maximum absolute atomic E-state index is 12.0. The first-order chi connectivity index (χ1) is 12.8. The molecule has 0 fully saturated rings. The zero-order valence-corrected chi connectivity index (χ0v) is 16.4. The molecule has 0 saturated carbocycles. The molecule has 0 unspecified atom stereocenters. The van der Waals surface area contributed by atoms with E-state index in [-0.39, 0.29) is 16.7 Å². The average Bonchev–Trinajstić information content (AvgIpc) is 2.67. The number of thioether (sulfide) groups is 1. The Hall–Kier alpha value is -2.88. The van der Waals surface area contributed by atoms with Gasteiger partial charge in [0.15, 0.2) is 5.03 Å². The molecule has 0 aliphatic rings. The maximum Gasteiger partial charge on any atom is 0.346 e. The molecule has 1 amide bonds. The molecule has 0 spiro atoms. The van der Waals surface area contributed by atoms with E-state index in [1.807, 2.05) is 31.2 Å². The Kier molecular flexibility index (Phi) is 6.94. The minimum absolute atomic E-state index is 0.0551. The molecule has 0 bridgehead atoms. The highest BCUT2D eigenvalue weighted by Gasteiger charge is 2.11. The quantitative estimate of drug-likeness (QED) is 0.419. The van der Waals surface area contributed by atoms with Crippen LogP contribution < -0.4 is 21.4 Å². The number of hydrazone groups is 1. The Morgan fingerprint density at radius 2 is 1.93 bits per heavy atom. The number of hydrogen-bond acceptors (Lipinski definition) is 7. The number of carbonyl (C=O) groups is 1. The Morgan fingerprint density at radius 3 is 2.56 bits per heavy atom. The summed E-state index contributed by atoms with van der Waals surface area (Å²) in [5, 5.41) is 8.01. The van der Waals surface area contributed by atoms with Crippen molar-refractivity contribution in [3.05, 3.63) is 50.7 Å². The normalized spacial score (nSPS) is 11.3. The van der Waals surface area contributed by atoms with Gasteiger partial charge >= 0.3 is 5.69 Å². The van der Waals surface area contributed by atoms with Crippen LogP contribution >= 0.6 is 11.8 Å². The summed E-state index contributed by atoms with van der Waals surface area (Å²) < 4.78 is 7.38. The molecule has 9 nitrogen and oxygen atoms in total. The first-order valence-corrected chi connectivity index (χ1v) is 9.15. The Morgan fingerprint density at radius 1 is 1.26 bits per heavy atom. The molecule has 2 aromatic rings. The van der Waals surface area contributed by atoms with Gasteiger partial charge in [-0.3, -0.25) is 14.2 Å². The topological polar surface area (TPSA) is 108 Å². The highest BCUT2D eigenvalue weighted by molar-refractivity contribution is 7.99. The summed E-state index contributed by atoms with van der Waals surface area (Å²) in [5.41, 5.74) is 2.86. The van der Waals surface area contributed by atoms with Crippen molar-refractivity contribution in [2.24, 2.45) is 19.2 Å². The van der Waals surface area contributed by atoms with Crippen LogP contribution in [0.4, 0.5) is 0 Å². The molecule has 1 N–H and O–H groups in total. The third kappa shape index (κ3) is 5.30. The number of hydrogen-bond donors (Lipinski definition) is 1. The second-order valence-electron chi connectivity index (χ2n) is 5.55. The van der Waals surface area contributed by atoms with Crippen LogP contribution in [0.15, 0.2) is 44.0 Å². The molecule has 1 aromatic carbocycles. The van der Waals surface area contributed by atoms with Gasteiger partial charge in [-0.15, -0.1) is 0 Å². The summed E-state index contributed by atoms with van der Waals surface area (Å²) in [6.45, 7) is 4.27. The minimum atomic E-state index is -0.537. The number of amides is 1. The van der Waals surface area contributed by atoms with Crippen molar-refractivity contribution in [2.75, 3.05) is 12.4 Å². The van der Waals surface area contributed by atoms with Gasteiger partial charge in [0.1, 0.15) is 5.75 Å². The molecule has 144 valence electrons. The lowest BCUT2D eigenvalue weighted by Gasteiger charge is -2.06. The molecule has 10 heteroatoms. The SMILES string of the molecule is CCOc1ccc(/C(C)=N\NC(=O)CSc2nn(C)c(=O)n(C)c2=O)cc1. The predicted molar refractivity (Wildman–Crippen MR) is 103 cm³/mol. The zero-order chi connectivity index (χ0) is 20.0. The van der Waals surface area contributed by atoms with Crippen LogP contribution in [0.5, 0.6) is 5.75 Å². The largest absolute Gasteiger partial charge is 0.494 e. The van der Waals surface area contributed by atoms with E-state index in [0.29, 0.717) is 12.3 Å². The molecule has 0 saturated heterocycles. The van der Waals surface area contributed by atoms with E-state index in [1.165, 1.54) is 14.1 Å². The van der Waals surface area contributed by atoms with Gasteiger partial charge in [0.25, 0.3) is 5.56 Å². The highest BCUT2D eigenvalue weighted by atomic mass is 32.2. The van der Waals surface area contributed by atoms with Crippen molar-refractivity contribution < 1.29 is 9.53 Å². The van der Waals surface area contributed by atoms with Gasteiger partial charge in [0.2, 0.25) is 5.91 Å². The Balaban J connectivity index is 1.97. The number of rotatable bonds is 7. The van der Waals surface area contributed by atoms with Gasteiger partial charge in [-0.05, 0) is 43.7 Å². The summed E-state index contributed by atoms with van der Waals surface area (Å²) in [7, 11) is 2.80. The van der Waals surface area contributed by atoms with E-state index in [4.69, 9.17) is 4.74 Å². The number of nitrogens with zero attached hydrogens (tertiary/aromatic N) is 4. The number of aromatic nitrogens is 3. The van der Waals surface area contributed by atoms with Gasteiger partial charge in [0.05, 0.1) is 18.1 Å². The van der Waals surface area contributed by atoms with Crippen LogP contribution in [-0.4, -0.2) is 38.3 Å². The number of benzene rings is 1. The van der Waals surface area contributed by atoms with Crippen molar-refractivity contribution in [1.29, 1.82) is 0 Å². The molecule has 0 aliphatic heterocycles. The lowest BCUT2D eigenvalue weighted by molar-refractivity contribution is -0.118. The monoisotopic (exact) mass is 391 g/mol. The molecule has 1 aromatic heterocycles. The van der Waals surface area contributed by atoms with Crippen LogP contribution in [0, 0.1) is 0 Å². The van der Waals surface area contributed by atoms with E-state index >= 15 is 0 Å². The lowest BCUT2D eigenvalue weighted by atomic mass is 10.1. The third-order valence-corrected chi connectivity index (χ3v) is 4.50. The van der Waals surface area contributed by atoms with Gasteiger partial charge in [-0.2, -0.15) is 10.2 Å². The van der Waals surface area contributed by atoms with Gasteiger partial charge in [-0.1, -0.05) is 11.8 Å². The Bertz CT molecular complexity index is 963. The zero-order valence-electron chi connectivity index (χ0n) is 15.6. The fourth-order valence-electron chi connectivity index (χ4n) is 2.10. The standard InChI is InChI=1S/C17H21N5O4S/c1-5-26-13-8-6-12(7-9-13)11(2)18-19-14(23)10-27-15-16(24)21(3)17(25)22(4)20-15/h6-9H,5,10H2,1-4H3,(H,19,23)/b18-11-. The van der Waals surface area contributed by atoms with Crippen LogP contribution in [-0.2, 0) is 18.9 Å². The van der Waals surface area contributed by atoms with Crippen LogP contribution in [0.25, 0.3) is 0 Å². The smallest absolute Gasteiger partial charge is 0.346 e. The highest BCUT2D eigenvalue weighted by Crippen LogP contribution is 2.13. The summed E-state index contributed by atoms with van der Waals surface area (Å²) in [4.78, 5) is 35.6. The number of nitrogens with one attached hydrogen (secondary N) is 1. The first kappa shape index (κ1) is 20.4. The average molecular weight is 391 g/mol. The Labute approximate surface area is 160 Å². The van der Waals surface area contributed by atoms with Crippen molar-refractivity contribution in [3.8, 4) is 5.75 Å². The van der Waals surface area contributed by atoms with E-state index in [9.17, 15) is 14.4 Å². The fraction of sp³-hybridized carbons (Fsp3) is 0.353. The van der Waals surface area contributed by atoms with Gasteiger partial charge < -0.3 is 4.74 Å². The second-order valence-corrected chi connectivity index (χ2v) is 6.52. The molecule has 0 aliphatic carbocycles. The molecule has 27 heavy (non-hydrogen) atoms. The predicted octanol–water partition coefficient (Wildman–Crippen LogP) is 0.510. The number of carbonyl (C=O) groups excluding carboxylic acids is 1. The molecule has 0 radical (unpaired) electrons. The van der Waals surface area contributed by atoms with Crippen LogP contribution in [0.3, 0.4) is 0 Å². The summed E-state index contributed by atoms with van der Waals surface area (Å²) >= 11 is 0.945. The van der Waals surface area contributed by atoms with Gasteiger partial charge in [0, 0.05) is 14.1 Å². The van der Waals surface area contributed by atoms with Crippen LogP contribution in [0.2, 0.25) is 0 Å². The van der Waals surface area contributed by atoms with Crippen molar-refractivity contribution in [3.63, 3.8) is 0 Å². The molecule has 2 rings (SSSR count). The minimum Gasteiger partial charge on any atom is -0.494 e. The summed E-state index contributed by atoms with van der Waals surface area (Å²) in [6, 6.07) is 7.36. The fourth-order valence-corrected chi connectivity index (χ4v) is 2.87. The number of aryl methyl sites for hydroxylation is 1. The third-order valence-electron chi connectivity index (χ3n) is 3.56. The second kappa shape index (κ2) is 9.17. The summed E-state index contributed by atoms with van der Waals surface area (Å²) in [6.07, 6.45) is 0. The molecule has 1 heterocycles. The van der Waals surface area contributed by atoms with E-state index < -0.39 is 11.2 Å². The molecular formula is C17H21N5O4S. The van der Waals surface area contributed by atoms with Gasteiger partial charge in [-0.25, -0.2) is 14.9 Å². The maximum atomic E-state index is 12.0. The van der Waals surface area contributed by atoms with E-state index in [0.717, 1.165) is 32.3 Å². The van der Waals surface area contributed by atoms with Crippen LogP contribution in [0.1, 0.15) is 19.4 Å².